The van der Waals surface area contributed by atoms with Crippen molar-refractivity contribution in [2.75, 3.05) is 23.7 Å². The molecule has 0 amide bonds. The van der Waals surface area contributed by atoms with Gasteiger partial charge < -0.3 is 13.9 Å². The molecular formula is C24H27N5O2S2. The monoisotopic (exact) mass is 481 g/mol. The molecule has 4 aromatic heterocycles. The number of carbonyl (C=O) groups excluding carboxylic acids is 1. The van der Waals surface area contributed by atoms with E-state index in [1.54, 1.807) is 17.6 Å². The Bertz CT molecular complexity index is 1220. The van der Waals surface area contributed by atoms with Gasteiger partial charge in [0.1, 0.15) is 5.76 Å². The summed E-state index contributed by atoms with van der Waals surface area (Å²) in [6, 6.07) is 10.0. The number of aromatic nitrogens is 4. The molecule has 172 valence electrons. The number of furan rings is 1. The van der Waals surface area contributed by atoms with Crippen LogP contribution < -0.4 is 4.90 Å². The Hall–Kier alpha value is -2.78. The molecule has 4 aromatic rings. The number of aryl methyl sites for hydroxylation is 1. The third-order valence-corrected chi connectivity index (χ3v) is 7.91. The van der Waals surface area contributed by atoms with Gasteiger partial charge in [0, 0.05) is 34.9 Å². The molecule has 0 spiro atoms. The summed E-state index contributed by atoms with van der Waals surface area (Å²) >= 11 is 3.18. The van der Waals surface area contributed by atoms with Crippen LogP contribution in [0.4, 0.5) is 5.95 Å². The van der Waals surface area contributed by atoms with Crippen LogP contribution in [0.25, 0.3) is 0 Å². The van der Waals surface area contributed by atoms with E-state index in [0.29, 0.717) is 12.3 Å². The summed E-state index contributed by atoms with van der Waals surface area (Å²) in [5.41, 5.74) is 2.90. The van der Waals surface area contributed by atoms with Crippen LogP contribution in [0.2, 0.25) is 0 Å². The molecular weight excluding hydrogens is 454 g/mol. The van der Waals surface area contributed by atoms with Crippen LogP contribution in [0.5, 0.6) is 0 Å². The molecule has 1 aliphatic heterocycles. The number of hydrogen-bond acceptors (Lipinski definition) is 7. The van der Waals surface area contributed by atoms with Crippen LogP contribution in [0.1, 0.15) is 45.2 Å². The van der Waals surface area contributed by atoms with Gasteiger partial charge in [-0.1, -0.05) is 17.8 Å². The van der Waals surface area contributed by atoms with Gasteiger partial charge in [0.15, 0.2) is 10.9 Å². The maximum atomic E-state index is 13.2. The number of thiophene rings is 1. The third kappa shape index (κ3) is 4.65. The second-order valence-corrected chi connectivity index (χ2v) is 10.3. The van der Waals surface area contributed by atoms with Crippen molar-refractivity contribution in [3.8, 4) is 0 Å². The number of ketones is 1. The first-order chi connectivity index (χ1) is 16.1. The summed E-state index contributed by atoms with van der Waals surface area (Å²) in [7, 11) is 0. The maximum absolute atomic E-state index is 13.2. The van der Waals surface area contributed by atoms with Crippen molar-refractivity contribution >= 4 is 34.8 Å². The predicted molar refractivity (Wildman–Crippen MR) is 132 cm³/mol. The fourth-order valence-corrected chi connectivity index (χ4v) is 5.84. The quantitative estimate of drug-likeness (QED) is 0.247. The minimum Gasteiger partial charge on any atom is -0.467 e. The van der Waals surface area contributed by atoms with Crippen molar-refractivity contribution in [2.45, 2.75) is 44.9 Å². The number of hydrogen-bond donors (Lipinski definition) is 0. The zero-order chi connectivity index (χ0) is 22.8. The third-order valence-electron chi connectivity index (χ3n) is 6.08. The number of anilines is 1. The second kappa shape index (κ2) is 9.61. The first-order valence-electron chi connectivity index (χ1n) is 11.2. The average Bonchev–Trinajstić information content (AvgIpc) is 3.63. The Morgan fingerprint density at radius 3 is 2.70 bits per heavy atom. The van der Waals surface area contributed by atoms with Gasteiger partial charge in [-0.2, -0.15) is 0 Å². The molecule has 0 N–H and O–H groups in total. The predicted octanol–water partition coefficient (Wildman–Crippen LogP) is 5.02. The lowest BCUT2D eigenvalue weighted by molar-refractivity contribution is 0.102. The molecule has 1 fully saturated rings. The number of thioether (sulfide) groups is 1. The summed E-state index contributed by atoms with van der Waals surface area (Å²) in [6.07, 6.45) is 4.00. The summed E-state index contributed by atoms with van der Waals surface area (Å²) in [5, 5.41) is 11.7. The van der Waals surface area contributed by atoms with E-state index < -0.39 is 0 Å². The molecule has 0 radical (unpaired) electrons. The summed E-state index contributed by atoms with van der Waals surface area (Å²) in [4.78, 5) is 16.7. The summed E-state index contributed by atoms with van der Waals surface area (Å²) in [5.74, 6) is 2.13. The number of rotatable bonds is 9. The fourth-order valence-electron chi connectivity index (χ4n) is 4.33. The van der Waals surface area contributed by atoms with E-state index in [0.717, 1.165) is 66.3 Å². The normalized spacial score (nSPS) is 13.8. The van der Waals surface area contributed by atoms with E-state index >= 15 is 0 Å². The van der Waals surface area contributed by atoms with Gasteiger partial charge >= 0.3 is 0 Å². The smallest absolute Gasteiger partial charge is 0.228 e. The Labute approximate surface area is 201 Å². The molecule has 0 aromatic carbocycles. The van der Waals surface area contributed by atoms with Crippen molar-refractivity contribution < 1.29 is 9.21 Å². The van der Waals surface area contributed by atoms with E-state index in [1.807, 2.05) is 25.1 Å². The van der Waals surface area contributed by atoms with Crippen molar-refractivity contribution in [1.29, 1.82) is 0 Å². The van der Waals surface area contributed by atoms with Gasteiger partial charge in [-0.05, 0) is 56.3 Å². The molecule has 0 bridgehead atoms. The zero-order valence-electron chi connectivity index (χ0n) is 18.9. The topological polar surface area (TPSA) is 69.1 Å². The lowest BCUT2D eigenvalue weighted by Crippen LogP contribution is -2.22. The van der Waals surface area contributed by atoms with Crippen molar-refractivity contribution in [2.24, 2.45) is 0 Å². The van der Waals surface area contributed by atoms with Crippen LogP contribution in [-0.4, -0.2) is 44.0 Å². The minimum absolute atomic E-state index is 0.112. The maximum Gasteiger partial charge on any atom is 0.228 e. The standard InChI is InChI=1S/C24H27N5O2S2/c1-17-13-21(18(2)28(17)15-20-8-6-12-32-20)22(30)16-33-24-26-25-23(27-9-3-4-10-27)29(24)14-19-7-5-11-31-19/h5-8,11-13H,3-4,9-10,14-16H2,1-2H3. The number of carbonyl (C=O) groups is 1. The molecule has 5 rings (SSSR count). The summed E-state index contributed by atoms with van der Waals surface area (Å²) in [6.45, 7) is 7.41. The van der Waals surface area contributed by atoms with Crippen LogP contribution in [0, 0.1) is 13.8 Å². The lowest BCUT2D eigenvalue weighted by Gasteiger charge is -2.17. The van der Waals surface area contributed by atoms with E-state index in [9.17, 15) is 4.79 Å². The van der Waals surface area contributed by atoms with E-state index in [1.165, 1.54) is 16.6 Å². The molecule has 0 unspecified atom stereocenters. The molecule has 0 saturated carbocycles. The second-order valence-electron chi connectivity index (χ2n) is 8.30. The molecule has 9 heteroatoms. The van der Waals surface area contributed by atoms with E-state index in [2.05, 4.69) is 48.7 Å². The Morgan fingerprint density at radius 1 is 1.12 bits per heavy atom. The molecule has 0 aliphatic carbocycles. The largest absolute Gasteiger partial charge is 0.467 e. The number of nitrogens with zero attached hydrogens (tertiary/aromatic N) is 5. The van der Waals surface area contributed by atoms with Gasteiger partial charge in [0.25, 0.3) is 0 Å². The fraction of sp³-hybridized carbons (Fsp3) is 0.375. The minimum atomic E-state index is 0.112. The Kier molecular flexibility index (Phi) is 6.41. The van der Waals surface area contributed by atoms with Crippen LogP contribution in [-0.2, 0) is 13.1 Å². The molecule has 7 nitrogen and oxygen atoms in total. The lowest BCUT2D eigenvalue weighted by atomic mass is 10.2. The van der Waals surface area contributed by atoms with Crippen molar-refractivity contribution in [3.63, 3.8) is 0 Å². The highest BCUT2D eigenvalue weighted by Crippen LogP contribution is 2.27. The first-order valence-corrected chi connectivity index (χ1v) is 13.0. The van der Waals surface area contributed by atoms with E-state index in [-0.39, 0.29) is 5.78 Å². The highest BCUT2D eigenvalue weighted by molar-refractivity contribution is 7.99. The molecule has 33 heavy (non-hydrogen) atoms. The molecule has 0 atom stereocenters. The van der Waals surface area contributed by atoms with Gasteiger partial charge in [-0.3, -0.25) is 9.36 Å². The molecule has 1 saturated heterocycles. The van der Waals surface area contributed by atoms with Gasteiger partial charge in [-0.15, -0.1) is 21.5 Å². The Balaban J connectivity index is 1.33. The number of Topliss-reactive ketones (excluding diaryl/α,β-unsaturated/α-hetero) is 1. The Morgan fingerprint density at radius 2 is 1.97 bits per heavy atom. The highest BCUT2D eigenvalue weighted by Gasteiger charge is 2.23. The van der Waals surface area contributed by atoms with Crippen LogP contribution >= 0.6 is 23.1 Å². The summed E-state index contributed by atoms with van der Waals surface area (Å²) < 4.78 is 9.86. The van der Waals surface area contributed by atoms with E-state index in [4.69, 9.17) is 4.42 Å². The van der Waals surface area contributed by atoms with Crippen LogP contribution in [0.3, 0.4) is 0 Å². The van der Waals surface area contributed by atoms with Gasteiger partial charge in [0.2, 0.25) is 5.95 Å². The van der Waals surface area contributed by atoms with Crippen molar-refractivity contribution in [3.05, 3.63) is 69.6 Å². The SMILES string of the molecule is Cc1cc(C(=O)CSc2nnc(N3CCCC3)n2Cc2ccco2)c(C)n1Cc1cccs1. The molecule has 5 heterocycles. The van der Waals surface area contributed by atoms with Crippen LogP contribution in [0.15, 0.2) is 51.5 Å². The average molecular weight is 482 g/mol. The van der Waals surface area contributed by atoms with Gasteiger partial charge in [-0.25, -0.2) is 0 Å². The zero-order valence-corrected chi connectivity index (χ0v) is 20.5. The van der Waals surface area contributed by atoms with Gasteiger partial charge in [0.05, 0.1) is 25.1 Å². The highest BCUT2D eigenvalue weighted by atomic mass is 32.2. The van der Waals surface area contributed by atoms with Crippen molar-refractivity contribution in [1.82, 2.24) is 19.3 Å². The first kappa shape index (κ1) is 22.0. The molecule has 1 aliphatic rings.